The highest BCUT2D eigenvalue weighted by Gasteiger charge is 2.22. The predicted molar refractivity (Wildman–Crippen MR) is 114 cm³/mol. The van der Waals surface area contributed by atoms with Gasteiger partial charge >= 0.3 is 6.03 Å². The molecule has 3 heterocycles. The Morgan fingerprint density at radius 1 is 0.966 bits per heavy atom. The van der Waals surface area contributed by atoms with Gasteiger partial charge in [0, 0.05) is 38.1 Å². The molecule has 0 atom stereocenters. The fourth-order valence-corrected chi connectivity index (χ4v) is 3.19. The van der Waals surface area contributed by atoms with E-state index in [4.69, 9.17) is 0 Å². The molecule has 1 aliphatic rings. The summed E-state index contributed by atoms with van der Waals surface area (Å²) in [7, 11) is 0. The van der Waals surface area contributed by atoms with Gasteiger partial charge in [-0.05, 0) is 42.8 Å². The van der Waals surface area contributed by atoms with Crippen molar-refractivity contribution < 1.29 is 4.79 Å². The van der Waals surface area contributed by atoms with E-state index in [9.17, 15) is 4.79 Å². The summed E-state index contributed by atoms with van der Waals surface area (Å²) in [4.78, 5) is 20.6. The number of benzene rings is 1. The molecule has 2 aromatic heterocycles. The highest BCUT2D eigenvalue weighted by Crippen LogP contribution is 2.18. The molecule has 1 saturated heterocycles. The van der Waals surface area contributed by atoms with Gasteiger partial charge in [-0.25, -0.2) is 4.79 Å². The fourth-order valence-electron chi connectivity index (χ4n) is 3.19. The lowest BCUT2D eigenvalue weighted by Crippen LogP contribution is -2.50. The Labute approximate surface area is 169 Å². The SMILES string of the molecule is Cc1ccccc1NC(=O)N1CCN(c2ccc(Nc3cccnc3)nn2)CC1. The highest BCUT2D eigenvalue weighted by atomic mass is 16.2. The Bertz CT molecular complexity index is 954. The maximum Gasteiger partial charge on any atom is 0.321 e. The van der Waals surface area contributed by atoms with Crippen LogP contribution in [0, 0.1) is 6.92 Å². The van der Waals surface area contributed by atoms with E-state index >= 15 is 0 Å². The van der Waals surface area contributed by atoms with E-state index in [2.05, 4.69) is 30.7 Å². The number of nitrogens with zero attached hydrogens (tertiary/aromatic N) is 5. The summed E-state index contributed by atoms with van der Waals surface area (Å²) >= 11 is 0. The van der Waals surface area contributed by atoms with Crippen molar-refractivity contribution in [3.63, 3.8) is 0 Å². The van der Waals surface area contributed by atoms with E-state index in [0.29, 0.717) is 32.0 Å². The molecular formula is C21H23N7O. The minimum Gasteiger partial charge on any atom is -0.352 e. The van der Waals surface area contributed by atoms with E-state index in [0.717, 1.165) is 22.8 Å². The maximum atomic E-state index is 12.5. The van der Waals surface area contributed by atoms with E-state index < -0.39 is 0 Å². The number of pyridine rings is 1. The fraction of sp³-hybridized carbons (Fsp3) is 0.238. The molecule has 1 aromatic carbocycles. The standard InChI is InChI=1S/C21H23N7O/c1-16-5-2-3-7-18(16)24-21(29)28-13-11-27(12-14-28)20-9-8-19(25-26-20)23-17-6-4-10-22-15-17/h2-10,15H,11-14H2,1H3,(H,23,25)(H,24,29). The predicted octanol–water partition coefficient (Wildman–Crippen LogP) is 3.28. The first-order valence-corrected chi connectivity index (χ1v) is 9.56. The molecule has 3 aromatic rings. The first-order chi connectivity index (χ1) is 14.2. The van der Waals surface area contributed by atoms with Crippen LogP contribution in [0.4, 0.5) is 27.8 Å². The molecule has 0 unspecified atom stereocenters. The normalized spacial score (nSPS) is 13.8. The molecule has 29 heavy (non-hydrogen) atoms. The second-order valence-electron chi connectivity index (χ2n) is 6.86. The first-order valence-electron chi connectivity index (χ1n) is 9.56. The van der Waals surface area contributed by atoms with E-state index in [-0.39, 0.29) is 6.03 Å². The zero-order chi connectivity index (χ0) is 20.1. The highest BCUT2D eigenvalue weighted by molar-refractivity contribution is 5.90. The number of hydrogen-bond donors (Lipinski definition) is 2. The van der Waals surface area contributed by atoms with Gasteiger partial charge < -0.3 is 20.4 Å². The van der Waals surface area contributed by atoms with Gasteiger partial charge in [0.1, 0.15) is 0 Å². The van der Waals surface area contributed by atoms with Gasteiger partial charge in [0.05, 0.1) is 11.9 Å². The number of piperazine rings is 1. The number of carbonyl (C=O) groups is 1. The molecule has 0 bridgehead atoms. The van der Waals surface area contributed by atoms with E-state index in [1.807, 2.05) is 60.4 Å². The molecule has 0 aliphatic carbocycles. The molecule has 2 N–H and O–H groups in total. The van der Waals surface area contributed by atoms with Crippen LogP contribution in [0.25, 0.3) is 0 Å². The third-order valence-electron chi connectivity index (χ3n) is 4.86. The van der Waals surface area contributed by atoms with Gasteiger partial charge in [-0.15, -0.1) is 10.2 Å². The van der Waals surface area contributed by atoms with Crippen LogP contribution < -0.4 is 15.5 Å². The maximum absolute atomic E-state index is 12.5. The summed E-state index contributed by atoms with van der Waals surface area (Å²) in [5, 5.41) is 14.7. The molecular weight excluding hydrogens is 366 g/mol. The van der Waals surface area contributed by atoms with Crippen molar-refractivity contribution in [2.24, 2.45) is 0 Å². The molecule has 4 rings (SSSR count). The molecule has 2 amide bonds. The van der Waals surface area contributed by atoms with Crippen molar-refractivity contribution in [2.45, 2.75) is 6.92 Å². The Kier molecular flexibility index (Phi) is 5.51. The number of nitrogens with one attached hydrogen (secondary N) is 2. The van der Waals surface area contributed by atoms with Crippen LogP contribution in [0.2, 0.25) is 0 Å². The number of aryl methyl sites for hydroxylation is 1. The smallest absolute Gasteiger partial charge is 0.321 e. The Morgan fingerprint density at radius 2 is 1.79 bits per heavy atom. The third kappa shape index (κ3) is 4.60. The second-order valence-corrected chi connectivity index (χ2v) is 6.86. The van der Waals surface area contributed by atoms with Crippen LogP contribution in [0.5, 0.6) is 0 Å². The van der Waals surface area contributed by atoms with Crippen LogP contribution in [0.15, 0.2) is 60.9 Å². The lowest BCUT2D eigenvalue weighted by Gasteiger charge is -2.35. The van der Waals surface area contributed by atoms with Gasteiger partial charge in [0.15, 0.2) is 11.6 Å². The average Bonchev–Trinajstić information content (AvgIpc) is 2.77. The minimum atomic E-state index is -0.0685. The van der Waals surface area contributed by atoms with Gasteiger partial charge in [0.25, 0.3) is 0 Å². The molecule has 8 heteroatoms. The van der Waals surface area contributed by atoms with Crippen molar-refractivity contribution in [2.75, 3.05) is 41.7 Å². The average molecular weight is 389 g/mol. The van der Waals surface area contributed by atoms with Crippen molar-refractivity contribution in [1.29, 1.82) is 0 Å². The summed E-state index contributed by atoms with van der Waals surface area (Å²) < 4.78 is 0. The Balaban J connectivity index is 1.31. The van der Waals surface area contributed by atoms with Crippen LogP contribution in [-0.4, -0.2) is 52.3 Å². The summed E-state index contributed by atoms with van der Waals surface area (Å²) in [6.07, 6.45) is 3.46. The van der Waals surface area contributed by atoms with Crippen molar-refractivity contribution >= 4 is 29.0 Å². The van der Waals surface area contributed by atoms with E-state index in [1.54, 1.807) is 12.4 Å². The van der Waals surface area contributed by atoms with Crippen molar-refractivity contribution in [3.8, 4) is 0 Å². The van der Waals surface area contributed by atoms with Crippen molar-refractivity contribution in [1.82, 2.24) is 20.1 Å². The molecule has 1 aliphatic heterocycles. The van der Waals surface area contributed by atoms with Crippen LogP contribution >= 0.6 is 0 Å². The molecule has 8 nitrogen and oxygen atoms in total. The zero-order valence-corrected chi connectivity index (χ0v) is 16.2. The first kappa shape index (κ1) is 18.7. The molecule has 0 saturated carbocycles. The number of carbonyl (C=O) groups excluding carboxylic acids is 1. The number of anilines is 4. The summed E-state index contributed by atoms with van der Waals surface area (Å²) in [5.41, 5.74) is 2.76. The Hall–Kier alpha value is -3.68. The summed E-state index contributed by atoms with van der Waals surface area (Å²) in [6.45, 7) is 4.68. The molecule has 148 valence electrons. The minimum absolute atomic E-state index is 0.0685. The van der Waals surface area contributed by atoms with Gasteiger partial charge in [-0.1, -0.05) is 18.2 Å². The number of urea groups is 1. The van der Waals surface area contributed by atoms with Crippen LogP contribution in [0.1, 0.15) is 5.56 Å². The number of hydrogen-bond acceptors (Lipinski definition) is 6. The largest absolute Gasteiger partial charge is 0.352 e. The summed E-state index contributed by atoms with van der Waals surface area (Å²) in [5.74, 6) is 1.47. The number of amides is 2. The van der Waals surface area contributed by atoms with Crippen LogP contribution in [0.3, 0.4) is 0 Å². The van der Waals surface area contributed by atoms with Crippen LogP contribution in [-0.2, 0) is 0 Å². The quantitative estimate of drug-likeness (QED) is 0.712. The topological polar surface area (TPSA) is 86.3 Å². The monoisotopic (exact) mass is 389 g/mol. The molecule has 0 spiro atoms. The van der Waals surface area contributed by atoms with Crippen molar-refractivity contribution in [3.05, 3.63) is 66.5 Å². The van der Waals surface area contributed by atoms with Gasteiger partial charge in [-0.3, -0.25) is 4.98 Å². The Morgan fingerprint density at radius 3 is 2.48 bits per heavy atom. The lowest BCUT2D eigenvalue weighted by molar-refractivity contribution is 0.208. The number of rotatable bonds is 4. The lowest BCUT2D eigenvalue weighted by atomic mass is 10.2. The van der Waals surface area contributed by atoms with E-state index in [1.165, 1.54) is 0 Å². The van der Waals surface area contributed by atoms with Gasteiger partial charge in [-0.2, -0.15) is 0 Å². The third-order valence-corrected chi connectivity index (χ3v) is 4.86. The number of para-hydroxylation sites is 1. The number of aromatic nitrogens is 3. The zero-order valence-electron chi connectivity index (χ0n) is 16.2. The van der Waals surface area contributed by atoms with Gasteiger partial charge in [0.2, 0.25) is 0 Å². The molecule has 1 fully saturated rings. The summed E-state index contributed by atoms with van der Waals surface area (Å²) in [6, 6.07) is 15.3. The second kappa shape index (κ2) is 8.55. The molecule has 0 radical (unpaired) electrons.